The minimum Gasteiger partial charge on any atom is -0.393 e. The lowest BCUT2D eigenvalue weighted by molar-refractivity contribution is 0.0550. The molecule has 1 aromatic carbocycles. The van der Waals surface area contributed by atoms with Crippen molar-refractivity contribution in [1.29, 1.82) is 0 Å². The number of rotatable bonds is 4. The van der Waals surface area contributed by atoms with Crippen molar-refractivity contribution in [3.05, 3.63) is 36.2 Å². The molecule has 1 heterocycles. The zero-order valence-corrected chi connectivity index (χ0v) is 12.6. The minimum atomic E-state index is -0.458. The Hall–Kier alpha value is -2.01. The summed E-state index contributed by atoms with van der Waals surface area (Å²) in [6.07, 6.45) is 1.52. The molecule has 0 spiro atoms. The summed E-state index contributed by atoms with van der Waals surface area (Å²) in [7, 11) is 0. The second kappa shape index (κ2) is 6.18. The number of hydrogen-bond acceptors (Lipinski definition) is 4. The average molecular weight is 287 g/mol. The smallest absolute Gasteiger partial charge is 0.271 e. The Kier molecular flexibility index (Phi) is 4.53. The SMILES string of the molecule is CC(C)(C)C(O)CCNC(=O)c1cnc2ccccc2n1. The van der Waals surface area contributed by atoms with Crippen molar-refractivity contribution in [1.82, 2.24) is 15.3 Å². The number of carbonyl (C=O) groups is 1. The lowest BCUT2D eigenvalue weighted by Gasteiger charge is -2.25. The third-order valence-corrected chi connectivity index (χ3v) is 3.38. The molecular weight excluding hydrogens is 266 g/mol. The van der Waals surface area contributed by atoms with Crippen LogP contribution in [0.2, 0.25) is 0 Å². The van der Waals surface area contributed by atoms with Gasteiger partial charge in [-0.15, -0.1) is 0 Å². The zero-order chi connectivity index (χ0) is 15.5. The van der Waals surface area contributed by atoms with Crippen LogP contribution in [0.4, 0.5) is 0 Å². The molecule has 2 rings (SSSR count). The first-order chi connectivity index (χ1) is 9.88. The van der Waals surface area contributed by atoms with Crippen molar-refractivity contribution < 1.29 is 9.90 Å². The van der Waals surface area contributed by atoms with Gasteiger partial charge in [-0.25, -0.2) is 4.98 Å². The lowest BCUT2D eigenvalue weighted by atomic mass is 9.87. The number of para-hydroxylation sites is 2. The van der Waals surface area contributed by atoms with Gasteiger partial charge in [-0.1, -0.05) is 32.9 Å². The predicted molar refractivity (Wildman–Crippen MR) is 82.0 cm³/mol. The Bertz CT molecular complexity index is 635. The Morgan fingerprint density at radius 2 is 1.95 bits per heavy atom. The molecule has 21 heavy (non-hydrogen) atoms. The Morgan fingerprint density at radius 1 is 1.29 bits per heavy atom. The van der Waals surface area contributed by atoms with Crippen LogP contribution < -0.4 is 5.32 Å². The van der Waals surface area contributed by atoms with E-state index >= 15 is 0 Å². The normalized spacial score (nSPS) is 13.1. The van der Waals surface area contributed by atoms with Gasteiger partial charge in [0.15, 0.2) is 0 Å². The molecule has 5 nitrogen and oxygen atoms in total. The van der Waals surface area contributed by atoms with E-state index in [1.807, 2.05) is 45.0 Å². The summed E-state index contributed by atoms with van der Waals surface area (Å²) in [5, 5.41) is 12.7. The van der Waals surface area contributed by atoms with Gasteiger partial charge in [0.1, 0.15) is 5.69 Å². The van der Waals surface area contributed by atoms with E-state index < -0.39 is 6.10 Å². The van der Waals surface area contributed by atoms with Gasteiger partial charge in [0.05, 0.1) is 23.3 Å². The number of nitrogens with zero attached hydrogens (tertiary/aromatic N) is 2. The van der Waals surface area contributed by atoms with Crippen molar-refractivity contribution in [2.45, 2.75) is 33.3 Å². The van der Waals surface area contributed by atoms with Crippen molar-refractivity contribution in [3.8, 4) is 0 Å². The number of carbonyl (C=O) groups excluding carboxylic acids is 1. The Labute approximate surface area is 124 Å². The van der Waals surface area contributed by atoms with Gasteiger partial charge in [0.2, 0.25) is 0 Å². The maximum Gasteiger partial charge on any atom is 0.271 e. The van der Waals surface area contributed by atoms with Crippen molar-refractivity contribution in [2.75, 3.05) is 6.54 Å². The van der Waals surface area contributed by atoms with Crippen molar-refractivity contribution in [3.63, 3.8) is 0 Å². The number of aromatic nitrogens is 2. The van der Waals surface area contributed by atoms with E-state index in [1.54, 1.807) is 0 Å². The molecule has 112 valence electrons. The van der Waals surface area contributed by atoms with Crippen LogP contribution in [0.3, 0.4) is 0 Å². The van der Waals surface area contributed by atoms with Crippen LogP contribution in [-0.4, -0.2) is 33.6 Å². The largest absolute Gasteiger partial charge is 0.393 e. The third kappa shape index (κ3) is 3.98. The van der Waals surface area contributed by atoms with Crippen molar-refractivity contribution >= 4 is 16.9 Å². The van der Waals surface area contributed by atoms with Crippen molar-refractivity contribution in [2.24, 2.45) is 5.41 Å². The molecule has 0 saturated heterocycles. The highest BCUT2D eigenvalue weighted by molar-refractivity contribution is 5.93. The Morgan fingerprint density at radius 3 is 2.62 bits per heavy atom. The van der Waals surface area contributed by atoms with Gasteiger partial charge >= 0.3 is 0 Å². The van der Waals surface area contributed by atoms with Crippen LogP contribution in [0.15, 0.2) is 30.5 Å². The molecule has 1 amide bonds. The van der Waals surface area contributed by atoms with Gasteiger partial charge in [-0.3, -0.25) is 9.78 Å². The van der Waals surface area contributed by atoms with Crippen LogP contribution in [0.5, 0.6) is 0 Å². The number of fused-ring (bicyclic) bond motifs is 1. The van der Waals surface area contributed by atoms with E-state index in [2.05, 4.69) is 15.3 Å². The average Bonchev–Trinajstić information content (AvgIpc) is 2.45. The molecule has 0 saturated carbocycles. The standard InChI is InChI=1S/C16H21N3O2/c1-16(2,3)14(20)8-9-17-15(21)13-10-18-11-6-4-5-7-12(11)19-13/h4-7,10,14,20H,8-9H2,1-3H3,(H,17,21). The summed E-state index contributed by atoms with van der Waals surface area (Å²) in [6, 6.07) is 7.41. The highest BCUT2D eigenvalue weighted by atomic mass is 16.3. The molecule has 1 aromatic heterocycles. The molecule has 0 aliphatic rings. The molecule has 1 unspecified atom stereocenters. The minimum absolute atomic E-state index is 0.187. The molecule has 0 bridgehead atoms. The van der Waals surface area contributed by atoms with E-state index in [1.165, 1.54) is 6.20 Å². The van der Waals surface area contributed by atoms with Crippen LogP contribution >= 0.6 is 0 Å². The molecule has 0 radical (unpaired) electrons. The topological polar surface area (TPSA) is 75.1 Å². The number of hydrogen-bond donors (Lipinski definition) is 2. The second-order valence-corrected chi connectivity index (χ2v) is 6.17. The van der Waals surface area contributed by atoms with E-state index in [0.717, 1.165) is 5.52 Å². The summed E-state index contributed by atoms with van der Waals surface area (Å²) in [6.45, 7) is 6.31. The monoisotopic (exact) mass is 287 g/mol. The fraction of sp³-hybridized carbons (Fsp3) is 0.438. The van der Waals surface area contributed by atoms with E-state index in [4.69, 9.17) is 0 Å². The highest BCUT2D eigenvalue weighted by Crippen LogP contribution is 2.20. The molecule has 2 N–H and O–H groups in total. The van der Waals surface area contributed by atoms with Crippen LogP contribution in [0.25, 0.3) is 11.0 Å². The Balaban J connectivity index is 1.96. The molecule has 1 atom stereocenters. The van der Waals surface area contributed by atoms with E-state index in [9.17, 15) is 9.90 Å². The van der Waals surface area contributed by atoms with Gasteiger partial charge in [-0.05, 0) is 24.0 Å². The summed E-state index contributed by atoms with van der Waals surface area (Å²) >= 11 is 0. The fourth-order valence-electron chi connectivity index (χ4n) is 1.91. The summed E-state index contributed by atoms with van der Waals surface area (Å²) in [4.78, 5) is 20.5. The van der Waals surface area contributed by atoms with Gasteiger partial charge < -0.3 is 10.4 Å². The van der Waals surface area contributed by atoms with Gasteiger partial charge in [-0.2, -0.15) is 0 Å². The number of benzene rings is 1. The molecule has 0 fully saturated rings. The summed E-state index contributed by atoms with van der Waals surface area (Å²) in [5.41, 5.74) is 1.56. The second-order valence-electron chi connectivity index (χ2n) is 6.17. The summed E-state index contributed by atoms with van der Waals surface area (Å²) in [5.74, 6) is -0.269. The molecular formula is C16H21N3O2. The van der Waals surface area contributed by atoms with E-state index in [-0.39, 0.29) is 11.3 Å². The van der Waals surface area contributed by atoms with Crippen LogP contribution in [0, 0.1) is 5.41 Å². The maximum atomic E-state index is 12.0. The molecule has 0 aliphatic carbocycles. The first-order valence-corrected chi connectivity index (χ1v) is 7.06. The predicted octanol–water partition coefficient (Wildman–Crippen LogP) is 2.16. The van der Waals surface area contributed by atoms with E-state index in [0.29, 0.717) is 24.2 Å². The first-order valence-electron chi connectivity index (χ1n) is 7.06. The highest BCUT2D eigenvalue weighted by Gasteiger charge is 2.21. The number of aliphatic hydroxyl groups excluding tert-OH is 1. The van der Waals surface area contributed by atoms with Crippen LogP contribution in [0.1, 0.15) is 37.7 Å². The molecule has 0 aliphatic heterocycles. The van der Waals surface area contributed by atoms with Crippen LogP contribution in [-0.2, 0) is 0 Å². The number of nitrogens with one attached hydrogen (secondary N) is 1. The zero-order valence-electron chi connectivity index (χ0n) is 12.6. The summed E-state index contributed by atoms with van der Waals surface area (Å²) < 4.78 is 0. The molecule has 2 aromatic rings. The quantitative estimate of drug-likeness (QED) is 0.903. The number of amides is 1. The molecule has 5 heteroatoms. The first kappa shape index (κ1) is 15.4. The third-order valence-electron chi connectivity index (χ3n) is 3.38. The van der Waals surface area contributed by atoms with Gasteiger partial charge in [0.25, 0.3) is 5.91 Å². The maximum absolute atomic E-state index is 12.0. The van der Waals surface area contributed by atoms with Gasteiger partial charge in [0, 0.05) is 6.54 Å². The number of aliphatic hydroxyl groups is 1. The lowest BCUT2D eigenvalue weighted by Crippen LogP contribution is -2.32. The fourth-order valence-corrected chi connectivity index (χ4v) is 1.91.